The molecule has 0 amide bonds. The molecule has 118 valence electrons. The molecule has 3 aromatic rings. The van der Waals surface area contributed by atoms with Crippen LogP contribution in [-0.4, -0.2) is 9.38 Å². The second-order valence-electron chi connectivity index (χ2n) is 6.67. The van der Waals surface area contributed by atoms with E-state index in [1.807, 2.05) is 11.8 Å². The highest BCUT2D eigenvalue weighted by atomic mass is 32.2. The summed E-state index contributed by atoms with van der Waals surface area (Å²) in [6, 6.07) is 15.1. The highest BCUT2D eigenvalue weighted by molar-refractivity contribution is 7.97. The number of pyridine rings is 1. The molecule has 0 aliphatic heterocycles. The Morgan fingerprint density at radius 3 is 2.70 bits per heavy atom. The van der Waals surface area contributed by atoms with Gasteiger partial charge in [0.15, 0.2) is 0 Å². The van der Waals surface area contributed by atoms with Gasteiger partial charge in [-0.05, 0) is 42.5 Å². The van der Waals surface area contributed by atoms with Crippen LogP contribution in [0.5, 0.6) is 0 Å². The standard InChI is InChI=1S/C20H22N2S/c1-14-8-9-22-18(13-23-12-16-6-4-3-5-7-16)20(17-11-15(17)2)21-19(22)10-14/h3-10,15,17H,11-13H2,1-2H3. The van der Waals surface area contributed by atoms with Crippen LogP contribution >= 0.6 is 11.8 Å². The molecule has 23 heavy (non-hydrogen) atoms. The molecule has 1 aliphatic rings. The van der Waals surface area contributed by atoms with E-state index in [0.29, 0.717) is 5.92 Å². The molecule has 1 aromatic carbocycles. The molecule has 1 aliphatic carbocycles. The molecule has 2 heterocycles. The molecule has 0 N–H and O–H groups in total. The van der Waals surface area contributed by atoms with Crippen molar-refractivity contribution < 1.29 is 0 Å². The summed E-state index contributed by atoms with van der Waals surface area (Å²) in [7, 11) is 0. The largest absolute Gasteiger partial charge is 0.303 e. The Labute approximate surface area is 141 Å². The van der Waals surface area contributed by atoms with Crippen LogP contribution < -0.4 is 0 Å². The first kappa shape index (κ1) is 14.8. The lowest BCUT2D eigenvalue weighted by atomic mass is 10.2. The summed E-state index contributed by atoms with van der Waals surface area (Å²) >= 11 is 1.98. The molecular formula is C20H22N2S. The molecule has 0 radical (unpaired) electrons. The van der Waals surface area contributed by atoms with Crippen LogP contribution in [0.3, 0.4) is 0 Å². The number of thioether (sulfide) groups is 1. The molecule has 2 atom stereocenters. The van der Waals surface area contributed by atoms with E-state index in [9.17, 15) is 0 Å². The van der Waals surface area contributed by atoms with Crippen molar-refractivity contribution in [2.24, 2.45) is 5.92 Å². The van der Waals surface area contributed by atoms with Crippen molar-refractivity contribution in [3.05, 3.63) is 71.2 Å². The maximum absolute atomic E-state index is 4.96. The quantitative estimate of drug-likeness (QED) is 0.642. The third kappa shape index (κ3) is 3.02. The third-order valence-electron chi connectivity index (χ3n) is 4.72. The summed E-state index contributed by atoms with van der Waals surface area (Å²) in [6.07, 6.45) is 3.48. The van der Waals surface area contributed by atoms with Crippen LogP contribution in [0.4, 0.5) is 0 Å². The molecule has 3 heteroatoms. The van der Waals surface area contributed by atoms with Gasteiger partial charge in [0.05, 0.1) is 11.4 Å². The Hall–Kier alpha value is -1.74. The number of hydrogen-bond acceptors (Lipinski definition) is 2. The molecule has 2 unspecified atom stereocenters. The molecule has 1 saturated carbocycles. The van der Waals surface area contributed by atoms with E-state index < -0.39 is 0 Å². The molecule has 0 saturated heterocycles. The van der Waals surface area contributed by atoms with Crippen molar-refractivity contribution in [1.29, 1.82) is 0 Å². The average Bonchev–Trinajstić information content (AvgIpc) is 3.17. The number of hydrogen-bond donors (Lipinski definition) is 0. The van der Waals surface area contributed by atoms with Crippen LogP contribution in [0.1, 0.15) is 41.8 Å². The zero-order chi connectivity index (χ0) is 15.8. The molecule has 4 rings (SSSR count). The van der Waals surface area contributed by atoms with Crippen molar-refractivity contribution in [3.8, 4) is 0 Å². The number of benzene rings is 1. The predicted octanol–water partition coefficient (Wildman–Crippen LogP) is 5.20. The Bertz CT molecular complexity index is 822. The third-order valence-corrected chi connectivity index (χ3v) is 5.74. The highest BCUT2D eigenvalue weighted by Crippen LogP contribution is 2.48. The van der Waals surface area contributed by atoms with E-state index in [1.165, 1.54) is 28.9 Å². The molecule has 2 aromatic heterocycles. The maximum Gasteiger partial charge on any atom is 0.137 e. The number of rotatable bonds is 5. The van der Waals surface area contributed by atoms with Gasteiger partial charge < -0.3 is 4.40 Å². The minimum absolute atomic E-state index is 0.669. The number of nitrogens with zero attached hydrogens (tertiary/aromatic N) is 2. The van der Waals surface area contributed by atoms with Crippen LogP contribution in [0.15, 0.2) is 48.7 Å². The van der Waals surface area contributed by atoms with Crippen LogP contribution in [-0.2, 0) is 11.5 Å². The summed E-state index contributed by atoms with van der Waals surface area (Å²) < 4.78 is 2.30. The molecular weight excluding hydrogens is 300 g/mol. The van der Waals surface area contributed by atoms with E-state index in [1.54, 1.807) is 0 Å². The van der Waals surface area contributed by atoms with Gasteiger partial charge in [-0.1, -0.05) is 37.3 Å². The Kier molecular flexibility index (Phi) is 3.90. The van der Waals surface area contributed by atoms with E-state index >= 15 is 0 Å². The summed E-state index contributed by atoms with van der Waals surface area (Å²) in [6.45, 7) is 4.47. The van der Waals surface area contributed by atoms with E-state index in [-0.39, 0.29) is 0 Å². The second kappa shape index (κ2) is 6.04. The fraction of sp³-hybridized carbons (Fsp3) is 0.350. The van der Waals surface area contributed by atoms with Gasteiger partial charge >= 0.3 is 0 Å². The smallest absolute Gasteiger partial charge is 0.137 e. The fourth-order valence-corrected chi connectivity index (χ4v) is 4.21. The van der Waals surface area contributed by atoms with Crippen molar-refractivity contribution in [2.45, 2.75) is 37.7 Å². The average molecular weight is 322 g/mol. The van der Waals surface area contributed by atoms with Gasteiger partial charge in [-0.2, -0.15) is 11.8 Å². The van der Waals surface area contributed by atoms with Crippen molar-refractivity contribution in [1.82, 2.24) is 9.38 Å². The minimum Gasteiger partial charge on any atom is -0.303 e. The monoisotopic (exact) mass is 322 g/mol. The van der Waals surface area contributed by atoms with Gasteiger partial charge in [0, 0.05) is 23.6 Å². The minimum atomic E-state index is 0.669. The molecule has 2 nitrogen and oxygen atoms in total. The van der Waals surface area contributed by atoms with Crippen molar-refractivity contribution in [2.75, 3.05) is 0 Å². The van der Waals surface area contributed by atoms with Crippen molar-refractivity contribution >= 4 is 17.4 Å². The number of imidazole rings is 1. The lowest BCUT2D eigenvalue weighted by Gasteiger charge is -2.06. The highest BCUT2D eigenvalue weighted by Gasteiger charge is 2.38. The summed E-state index contributed by atoms with van der Waals surface area (Å²) in [5.74, 6) is 3.54. The number of aromatic nitrogens is 2. The summed E-state index contributed by atoms with van der Waals surface area (Å²) in [5, 5.41) is 0. The lowest BCUT2D eigenvalue weighted by molar-refractivity contribution is 0.881. The fourth-order valence-electron chi connectivity index (χ4n) is 3.20. The van der Waals surface area contributed by atoms with Crippen molar-refractivity contribution in [3.63, 3.8) is 0 Å². The van der Waals surface area contributed by atoms with Gasteiger partial charge in [0.2, 0.25) is 0 Å². The van der Waals surface area contributed by atoms with Gasteiger partial charge in [0.25, 0.3) is 0 Å². The van der Waals surface area contributed by atoms with E-state index in [0.717, 1.165) is 23.1 Å². The van der Waals surface area contributed by atoms with Crippen LogP contribution in [0.25, 0.3) is 5.65 Å². The zero-order valence-electron chi connectivity index (χ0n) is 13.7. The Morgan fingerprint density at radius 2 is 1.96 bits per heavy atom. The van der Waals surface area contributed by atoms with Gasteiger partial charge in [-0.15, -0.1) is 0 Å². The first-order valence-electron chi connectivity index (χ1n) is 8.31. The first-order valence-corrected chi connectivity index (χ1v) is 9.47. The molecule has 0 spiro atoms. The normalized spacial score (nSPS) is 20.1. The SMILES string of the molecule is Cc1ccn2c(CSCc3ccccc3)c(C3CC3C)nc2c1. The maximum atomic E-state index is 4.96. The van der Waals surface area contributed by atoms with Gasteiger partial charge in [-0.3, -0.25) is 0 Å². The van der Waals surface area contributed by atoms with Crippen LogP contribution in [0.2, 0.25) is 0 Å². The topological polar surface area (TPSA) is 17.3 Å². The second-order valence-corrected chi connectivity index (χ2v) is 7.66. The lowest BCUT2D eigenvalue weighted by Crippen LogP contribution is -1.95. The van der Waals surface area contributed by atoms with E-state index in [2.05, 4.69) is 66.9 Å². The number of fused-ring (bicyclic) bond motifs is 1. The van der Waals surface area contributed by atoms with E-state index in [4.69, 9.17) is 4.98 Å². The Morgan fingerprint density at radius 1 is 1.17 bits per heavy atom. The van der Waals surface area contributed by atoms with Gasteiger partial charge in [0.1, 0.15) is 5.65 Å². The molecule has 0 bridgehead atoms. The Balaban J connectivity index is 1.59. The summed E-state index contributed by atoms with van der Waals surface area (Å²) in [4.78, 5) is 4.96. The predicted molar refractivity (Wildman–Crippen MR) is 97.9 cm³/mol. The zero-order valence-corrected chi connectivity index (χ0v) is 14.5. The first-order chi connectivity index (χ1) is 11.2. The summed E-state index contributed by atoms with van der Waals surface area (Å²) in [5.41, 5.74) is 6.51. The van der Waals surface area contributed by atoms with Crippen LogP contribution in [0, 0.1) is 12.8 Å². The number of aryl methyl sites for hydroxylation is 1. The van der Waals surface area contributed by atoms with Gasteiger partial charge in [-0.25, -0.2) is 4.98 Å². The molecule has 1 fully saturated rings.